The summed E-state index contributed by atoms with van der Waals surface area (Å²) < 4.78 is 11.6. The third kappa shape index (κ3) is 5.33. The first kappa shape index (κ1) is 20.4. The second-order valence-corrected chi connectivity index (χ2v) is 7.41. The van der Waals surface area contributed by atoms with Crippen molar-refractivity contribution in [2.45, 2.75) is 45.9 Å². The highest BCUT2D eigenvalue weighted by molar-refractivity contribution is 5.91. The Kier molecular flexibility index (Phi) is 7.06. The van der Waals surface area contributed by atoms with Crippen molar-refractivity contribution < 1.29 is 19.4 Å². The van der Waals surface area contributed by atoms with Gasteiger partial charge >= 0.3 is 0 Å². The van der Waals surface area contributed by atoms with Crippen LogP contribution in [0.15, 0.2) is 36.1 Å². The van der Waals surface area contributed by atoms with Gasteiger partial charge in [-0.25, -0.2) is 4.98 Å². The van der Waals surface area contributed by atoms with Crippen LogP contribution >= 0.6 is 0 Å². The lowest BCUT2D eigenvalue weighted by atomic mass is 9.90. The van der Waals surface area contributed by atoms with E-state index in [-0.39, 0.29) is 18.4 Å². The van der Waals surface area contributed by atoms with E-state index in [4.69, 9.17) is 14.6 Å². The van der Waals surface area contributed by atoms with Crippen LogP contribution in [0, 0.1) is 11.8 Å². The van der Waals surface area contributed by atoms with Crippen molar-refractivity contribution in [1.82, 2.24) is 15.3 Å². The number of allylic oxidation sites excluding steroid dienone is 1. The summed E-state index contributed by atoms with van der Waals surface area (Å²) in [6.07, 6.45) is 3.63. The number of fused-ring (bicyclic) bond motifs is 1. The smallest absolute Gasteiger partial charge is 0.286 e. The van der Waals surface area contributed by atoms with E-state index in [1.54, 1.807) is 0 Å². The molecule has 2 heterocycles. The van der Waals surface area contributed by atoms with Crippen molar-refractivity contribution in [3.8, 4) is 0 Å². The van der Waals surface area contributed by atoms with Gasteiger partial charge < -0.3 is 24.9 Å². The Morgan fingerprint density at radius 1 is 1.39 bits per heavy atom. The second-order valence-electron chi connectivity index (χ2n) is 7.41. The molecule has 7 nitrogen and oxygen atoms in total. The molecule has 1 aliphatic heterocycles. The van der Waals surface area contributed by atoms with Gasteiger partial charge in [-0.15, -0.1) is 0 Å². The minimum Gasteiger partial charge on any atom is -0.459 e. The van der Waals surface area contributed by atoms with E-state index in [1.807, 2.05) is 30.3 Å². The molecule has 152 valence electrons. The number of carbonyl (C=O) groups excluding carboxylic acids is 1. The molecule has 0 aliphatic carbocycles. The number of aromatic nitrogens is 2. The first-order valence-corrected chi connectivity index (χ1v) is 9.89. The average molecular weight is 387 g/mol. The largest absolute Gasteiger partial charge is 0.459 e. The first-order valence-electron chi connectivity index (χ1n) is 9.89. The van der Waals surface area contributed by atoms with Crippen molar-refractivity contribution in [3.63, 3.8) is 0 Å². The number of carbonyl (C=O) groups is 1. The summed E-state index contributed by atoms with van der Waals surface area (Å²) in [7, 11) is 0. The van der Waals surface area contributed by atoms with Crippen LogP contribution in [-0.2, 0) is 20.8 Å². The Balaban J connectivity index is 1.59. The number of imidazole rings is 1. The third-order valence-electron chi connectivity index (χ3n) is 4.88. The van der Waals surface area contributed by atoms with Crippen LogP contribution in [0.2, 0.25) is 0 Å². The first-order chi connectivity index (χ1) is 13.6. The number of nitrogens with zero attached hydrogens (tertiary/aromatic N) is 1. The number of unbranched alkanes of at least 4 members (excludes halogenated alkanes) is 1. The fourth-order valence-corrected chi connectivity index (χ4v) is 3.18. The van der Waals surface area contributed by atoms with Crippen LogP contribution in [0.25, 0.3) is 11.0 Å². The summed E-state index contributed by atoms with van der Waals surface area (Å²) in [5.74, 6) is 1.32. The summed E-state index contributed by atoms with van der Waals surface area (Å²) in [6.45, 7) is 5.20. The zero-order chi connectivity index (χ0) is 19.9. The maximum atomic E-state index is 12.6. The number of aromatic amines is 1. The highest BCUT2D eigenvalue weighted by atomic mass is 16.7. The maximum Gasteiger partial charge on any atom is 0.286 e. The summed E-state index contributed by atoms with van der Waals surface area (Å²) in [5, 5.41) is 11.7. The number of H-pyrrole nitrogens is 1. The lowest BCUT2D eigenvalue weighted by Crippen LogP contribution is -2.34. The predicted octanol–water partition coefficient (Wildman–Crippen LogP) is 2.87. The van der Waals surface area contributed by atoms with Crippen molar-refractivity contribution in [3.05, 3.63) is 41.9 Å². The van der Waals surface area contributed by atoms with Crippen LogP contribution in [0.5, 0.6) is 0 Å². The lowest BCUT2D eigenvalue weighted by molar-refractivity contribution is -0.150. The Morgan fingerprint density at radius 3 is 2.96 bits per heavy atom. The van der Waals surface area contributed by atoms with Gasteiger partial charge in [-0.3, -0.25) is 4.79 Å². The maximum absolute atomic E-state index is 12.6. The summed E-state index contributed by atoms with van der Waals surface area (Å²) in [5.41, 5.74) is 1.81. The van der Waals surface area contributed by atoms with Crippen molar-refractivity contribution in [1.29, 1.82) is 0 Å². The van der Waals surface area contributed by atoms with Crippen LogP contribution < -0.4 is 5.32 Å². The molecule has 1 aromatic carbocycles. The van der Waals surface area contributed by atoms with Crippen LogP contribution in [0.4, 0.5) is 0 Å². The third-order valence-corrected chi connectivity index (χ3v) is 4.88. The molecule has 28 heavy (non-hydrogen) atoms. The molecule has 0 radical (unpaired) electrons. The van der Waals surface area contributed by atoms with E-state index in [1.165, 1.54) is 0 Å². The fraction of sp³-hybridized carbons (Fsp3) is 0.524. The normalized spacial score (nSPS) is 19.5. The summed E-state index contributed by atoms with van der Waals surface area (Å²) in [6, 6.07) is 7.75. The molecule has 3 N–H and O–H groups in total. The van der Waals surface area contributed by atoms with Gasteiger partial charge in [0.2, 0.25) is 6.29 Å². The van der Waals surface area contributed by atoms with E-state index in [0.29, 0.717) is 37.1 Å². The second kappa shape index (κ2) is 9.71. The quantitative estimate of drug-likeness (QED) is 0.575. The van der Waals surface area contributed by atoms with E-state index < -0.39 is 6.29 Å². The van der Waals surface area contributed by atoms with Crippen LogP contribution in [0.3, 0.4) is 0 Å². The number of hydrogen-bond acceptors (Lipinski definition) is 5. The zero-order valence-electron chi connectivity index (χ0n) is 16.5. The van der Waals surface area contributed by atoms with Crippen molar-refractivity contribution in [2.75, 3.05) is 13.2 Å². The number of aliphatic hydroxyl groups excluding tert-OH is 1. The number of ether oxygens (including phenoxy) is 2. The molecule has 0 saturated carbocycles. The number of amides is 1. The highest BCUT2D eigenvalue weighted by Crippen LogP contribution is 2.28. The van der Waals surface area contributed by atoms with Gasteiger partial charge in [0.25, 0.3) is 5.91 Å². The lowest BCUT2D eigenvalue weighted by Gasteiger charge is -2.30. The van der Waals surface area contributed by atoms with Gasteiger partial charge in [-0.1, -0.05) is 26.0 Å². The molecule has 1 aromatic heterocycles. The van der Waals surface area contributed by atoms with E-state index in [0.717, 1.165) is 23.9 Å². The SMILES string of the molecule is CC(C)C1C=C(C(=O)NCc2nc3ccccc3[nH]2)OC(OCCCCO)C1. The monoisotopic (exact) mass is 387 g/mol. The van der Waals surface area contributed by atoms with Gasteiger partial charge in [-0.2, -0.15) is 0 Å². The van der Waals surface area contributed by atoms with Crippen molar-refractivity contribution >= 4 is 16.9 Å². The highest BCUT2D eigenvalue weighted by Gasteiger charge is 2.29. The number of nitrogens with one attached hydrogen (secondary N) is 2. The molecule has 2 atom stereocenters. The molecule has 0 saturated heterocycles. The molecule has 1 aliphatic rings. The van der Waals surface area contributed by atoms with Gasteiger partial charge in [0.05, 0.1) is 24.2 Å². The minimum absolute atomic E-state index is 0.152. The standard InChI is InChI=1S/C21H29N3O4/c1-14(2)15-11-18(28-20(12-15)27-10-6-5-9-25)21(26)22-13-19-23-16-7-3-4-8-17(16)24-19/h3-4,7-8,11,14-15,20,25H,5-6,9-10,12-13H2,1-2H3,(H,22,26)(H,23,24). The Morgan fingerprint density at radius 2 is 2.21 bits per heavy atom. The van der Waals surface area contributed by atoms with Gasteiger partial charge in [-0.05, 0) is 42.9 Å². The molecule has 3 rings (SSSR count). The predicted molar refractivity (Wildman–Crippen MR) is 106 cm³/mol. The number of aliphatic hydroxyl groups is 1. The average Bonchev–Trinajstić information content (AvgIpc) is 3.12. The Bertz CT molecular complexity index is 782. The Hall–Kier alpha value is -2.38. The molecule has 1 amide bonds. The number of para-hydroxylation sites is 2. The van der Waals surface area contributed by atoms with Gasteiger partial charge in [0, 0.05) is 13.0 Å². The molecule has 0 spiro atoms. The van der Waals surface area contributed by atoms with E-state index in [2.05, 4.69) is 29.1 Å². The molecule has 2 aromatic rings. The molecule has 0 fully saturated rings. The molecule has 0 bridgehead atoms. The number of benzene rings is 1. The Labute approximate surface area is 165 Å². The number of rotatable bonds is 9. The van der Waals surface area contributed by atoms with Gasteiger partial charge in [0.15, 0.2) is 5.76 Å². The fourth-order valence-electron chi connectivity index (χ4n) is 3.18. The molecule has 7 heteroatoms. The summed E-state index contributed by atoms with van der Waals surface area (Å²) >= 11 is 0. The molecular formula is C21H29N3O4. The van der Waals surface area contributed by atoms with E-state index in [9.17, 15) is 4.79 Å². The van der Waals surface area contributed by atoms with Crippen LogP contribution in [-0.4, -0.2) is 40.5 Å². The molecular weight excluding hydrogens is 358 g/mol. The van der Waals surface area contributed by atoms with Crippen molar-refractivity contribution in [2.24, 2.45) is 11.8 Å². The minimum atomic E-state index is -0.442. The van der Waals surface area contributed by atoms with E-state index >= 15 is 0 Å². The molecule has 2 unspecified atom stereocenters. The zero-order valence-corrected chi connectivity index (χ0v) is 16.5. The van der Waals surface area contributed by atoms with Crippen LogP contribution in [0.1, 0.15) is 38.9 Å². The summed E-state index contributed by atoms with van der Waals surface area (Å²) in [4.78, 5) is 20.3. The van der Waals surface area contributed by atoms with Gasteiger partial charge in [0.1, 0.15) is 5.82 Å². The topological polar surface area (TPSA) is 96.5 Å². The number of hydrogen-bond donors (Lipinski definition) is 3.